The van der Waals surface area contributed by atoms with Gasteiger partial charge in [-0.3, -0.25) is 0 Å². The Morgan fingerprint density at radius 1 is 0.762 bits per heavy atom. The van der Waals surface area contributed by atoms with Gasteiger partial charge in [0.25, 0.3) is 0 Å². The molecule has 0 saturated carbocycles. The molecular formula is C14H5ClF4N2. The Hall–Kier alpha value is -2.21. The molecule has 0 unspecified atom stereocenters. The topological polar surface area (TPSA) is 25.8 Å². The van der Waals surface area contributed by atoms with Crippen LogP contribution in [0.15, 0.2) is 30.3 Å². The van der Waals surface area contributed by atoms with Crippen LogP contribution in [-0.4, -0.2) is 10.2 Å². The van der Waals surface area contributed by atoms with E-state index in [1.54, 1.807) is 0 Å². The van der Waals surface area contributed by atoms with Crippen molar-refractivity contribution in [3.05, 3.63) is 58.8 Å². The summed E-state index contributed by atoms with van der Waals surface area (Å²) in [5.41, 5.74) is -0.137. The lowest BCUT2D eigenvalue weighted by Gasteiger charge is -2.08. The molecule has 1 heterocycles. The average Bonchev–Trinajstić information content (AvgIpc) is 2.43. The summed E-state index contributed by atoms with van der Waals surface area (Å²) in [5.74, 6) is -3.89. The number of halogens is 5. The quantitative estimate of drug-likeness (QED) is 0.618. The summed E-state index contributed by atoms with van der Waals surface area (Å²) in [4.78, 5) is 0. The van der Waals surface area contributed by atoms with Crippen LogP contribution in [0, 0.1) is 23.3 Å². The Bertz CT molecular complexity index is 867. The highest BCUT2D eigenvalue weighted by atomic mass is 35.5. The van der Waals surface area contributed by atoms with Gasteiger partial charge in [-0.15, -0.1) is 10.2 Å². The van der Waals surface area contributed by atoms with E-state index in [1.165, 1.54) is 0 Å². The van der Waals surface area contributed by atoms with Crippen molar-refractivity contribution >= 4 is 22.4 Å². The van der Waals surface area contributed by atoms with Crippen molar-refractivity contribution in [2.24, 2.45) is 0 Å². The number of nitrogens with zero attached hydrogens (tertiary/aromatic N) is 2. The van der Waals surface area contributed by atoms with Crippen molar-refractivity contribution in [1.29, 1.82) is 0 Å². The predicted molar refractivity (Wildman–Crippen MR) is 69.8 cm³/mol. The summed E-state index contributed by atoms with van der Waals surface area (Å²) in [5, 5.41) is 7.32. The van der Waals surface area contributed by atoms with Crippen LogP contribution < -0.4 is 0 Å². The number of fused-ring (bicyclic) bond motifs is 1. The molecule has 106 valence electrons. The predicted octanol–water partition coefficient (Wildman–Crippen LogP) is 4.51. The van der Waals surface area contributed by atoms with E-state index in [2.05, 4.69) is 10.2 Å². The molecule has 3 rings (SSSR count). The summed E-state index contributed by atoms with van der Waals surface area (Å²) in [6, 6.07) is 4.54. The fourth-order valence-corrected chi connectivity index (χ4v) is 2.19. The van der Waals surface area contributed by atoms with E-state index < -0.39 is 23.3 Å². The second-order valence-electron chi connectivity index (χ2n) is 4.28. The minimum atomic E-state index is -1.13. The minimum Gasteiger partial charge on any atom is -0.207 e. The molecule has 0 aliphatic rings. The molecule has 2 aromatic carbocycles. The fraction of sp³-hybridized carbons (Fsp3) is 0. The number of benzene rings is 2. The summed E-state index contributed by atoms with van der Waals surface area (Å²) in [6.07, 6.45) is 0. The van der Waals surface area contributed by atoms with Gasteiger partial charge in [0.05, 0.1) is 0 Å². The molecule has 0 spiro atoms. The molecule has 2 nitrogen and oxygen atoms in total. The standard InChI is InChI=1S/C14H5ClF4N2/c15-14-9-5-12(19)11(18)4-8(9)13(20-21-14)7-2-1-6(16)3-10(7)17/h1-5H. The summed E-state index contributed by atoms with van der Waals surface area (Å²) in [7, 11) is 0. The second-order valence-corrected chi connectivity index (χ2v) is 4.63. The highest BCUT2D eigenvalue weighted by molar-refractivity contribution is 6.34. The molecule has 0 radical (unpaired) electrons. The van der Waals surface area contributed by atoms with E-state index in [9.17, 15) is 17.6 Å². The lowest BCUT2D eigenvalue weighted by Crippen LogP contribution is -1.96. The number of rotatable bonds is 1. The summed E-state index contributed by atoms with van der Waals surface area (Å²) in [6.45, 7) is 0. The molecule has 21 heavy (non-hydrogen) atoms. The molecule has 0 saturated heterocycles. The lowest BCUT2D eigenvalue weighted by molar-refractivity contribution is 0.511. The Kier molecular flexibility index (Phi) is 3.25. The SMILES string of the molecule is Fc1ccc(-c2nnc(Cl)c3cc(F)c(F)cc23)c(F)c1. The third kappa shape index (κ3) is 2.31. The van der Waals surface area contributed by atoms with Crippen LogP contribution >= 0.6 is 11.6 Å². The van der Waals surface area contributed by atoms with Gasteiger partial charge in [-0.05, 0) is 24.3 Å². The van der Waals surface area contributed by atoms with Gasteiger partial charge in [0, 0.05) is 22.4 Å². The van der Waals surface area contributed by atoms with Gasteiger partial charge in [-0.25, -0.2) is 17.6 Å². The van der Waals surface area contributed by atoms with Crippen LogP contribution in [0.4, 0.5) is 17.6 Å². The van der Waals surface area contributed by atoms with Crippen molar-refractivity contribution in [2.75, 3.05) is 0 Å². The molecule has 0 bridgehead atoms. The maximum Gasteiger partial charge on any atom is 0.159 e. The van der Waals surface area contributed by atoms with Crippen LogP contribution in [-0.2, 0) is 0 Å². The molecule has 1 aromatic heterocycles. The zero-order chi connectivity index (χ0) is 15.1. The highest BCUT2D eigenvalue weighted by Gasteiger charge is 2.16. The molecule has 0 atom stereocenters. The van der Waals surface area contributed by atoms with Gasteiger partial charge < -0.3 is 0 Å². The Labute approximate surface area is 121 Å². The van der Waals surface area contributed by atoms with Crippen LogP contribution in [0.3, 0.4) is 0 Å². The monoisotopic (exact) mass is 312 g/mol. The van der Waals surface area contributed by atoms with E-state index in [1.807, 2.05) is 0 Å². The zero-order valence-electron chi connectivity index (χ0n) is 10.2. The first-order valence-corrected chi connectivity index (χ1v) is 6.11. The normalized spacial score (nSPS) is 11.1. The molecule has 3 aromatic rings. The van der Waals surface area contributed by atoms with E-state index in [-0.39, 0.29) is 27.2 Å². The van der Waals surface area contributed by atoms with Crippen LogP contribution in [0.25, 0.3) is 22.0 Å². The minimum absolute atomic E-state index is 0.0502. The van der Waals surface area contributed by atoms with Crippen LogP contribution in [0.1, 0.15) is 0 Å². The molecule has 0 fully saturated rings. The Balaban J connectivity index is 2.38. The number of aromatic nitrogens is 2. The molecule has 7 heteroatoms. The summed E-state index contributed by atoms with van der Waals surface area (Å²) < 4.78 is 53.5. The van der Waals surface area contributed by atoms with E-state index in [0.717, 1.165) is 24.3 Å². The zero-order valence-corrected chi connectivity index (χ0v) is 10.9. The fourth-order valence-electron chi connectivity index (χ4n) is 2.00. The highest BCUT2D eigenvalue weighted by Crippen LogP contribution is 2.32. The third-order valence-corrected chi connectivity index (χ3v) is 3.24. The molecular weight excluding hydrogens is 308 g/mol. The first-order valence-electron chi connectivity index (χ1n) is 5.73. The molecule has 0 aliphatic carbocycles. The number of hydrogen-bond donors (Lipinski definition) is 0. The van der Waals surface area contributed by atoms with Crippen LogP contribution in [0.5, 0.6) is 0 Å². The van der Waals surface area contributed by atoms with Crippen LogP contribution in [0.2, 0.25) is 5.15 Å². The van der Waals surface area contributed by atoms with Crippen molar-refractivity contribution in [3.63, 3.8) is 0 Å². The van der Waals surface area contributed by atoms with E-state index in [0.29, 0.717) is 6.07 Å². The Morgan fingerprint density at radius 2 is 1.43 bits per heavy atom. The molecule has 0 N–H and O–H groups in total. The van der Waals surface area contributed by atoms with Gasteiger partial charge in [0.15, 0.2) is 16.8 Å². The molecule has 0 amide bonds. The second kappa shape index (κ2) is 4.96. The van der Waals surface area contributed by atoms with Gasteiger partial charge in [0.1, 0.15) is 17.3 Å². The maximum atomic E-state index is 13.8. The average molecular weight is 313 g/mol. The van der Waals surface area contributed by atoms with Gasteiger partial charge in [-0.1, -0.05) is 11.6 Å². The Morgan fingerprint density at radius 3 is 2.10 bits per heavy atom. The van der Waals surface area contributed by atoms with E-state index in [4.69, 9.17) is 11.6 Å². The largest absolute Gasteiger partial charge is 0.207 e. The summed E-state index contributed by atoms with van der Waals surface area (Å²) >= 11 is 5.79. The van der Waals surface area contributed by atoms with Crippen molar-refractivity contribution in [3.8, 4) is 11.3 Å². The van der Waals surface area contributed by atoms with E-state index >= 15 is 0 Å². The van der Waals surface area contributed by atoms with Gasteiger partial charge >= 0.3 is 0 Å². The van der Waals surface area contributed by atoms with Gasteiger partial charge in [-0.2, -0.15) is 0 Å². The molecule has 0 aliphatic heterocycles. The maximum absolute atomic E-state index is 13.8. The number of hydrogen-bond acceptors (Lipinski definition) is 2. The smallest absolute Gasteiger partial charge is 0.159 e. The first kappa shape index (κ1) is 13.8. The third-order valence-electron chi connectivity index (χ3n) is 2.96. The van der Waals surface area contributed by atoms with Crippen molar-refractivity contribution in [1.82, 2.24) is 10.2 Å². The first-order chi connectivity index (χ1) is 9.97. The van der Waals surface area contributed by atoms with Gasteiger partial charge in [0.2, 0.25) is 0 Å². The van der Waals surface area contributed by atoms with Crippen molar-refractivity contribution in [2.45, 2.75) is 0 Å². The lowest BCUT2D eigenvalue weighted by atomic mass is 10.0. The van der Waals surface area contributed by atoms with Crippen molar-refractivity contribution < 1.29 is 17.6 Å².